The molecule has 0 radical (unpaired) electrons. The van der Waals surface area contributed by atoms with Crippen molar-refractivity contribution < 1.29 is 0 Å². The molecule has 0 saturated heterocycles. The quantitative estimate of drug-likeness (QED) is 0.802. The summed E-state index contributed by atoms with van der Waals surface area (Å²) in [5.74, 6) is 0.630. The van der Waals surface area contributed by atoms with Crippen molar-refractivity contribution in [2.45, 2.75) is 20.3 Å². The molecule has 0 atom stereocenters. The molecule has 0 fully saturated rings. The third kappa shape index (κ3) is 1.58. The molecule has 2 aromatic heterocycles. The lowest BCUT2D eigenvalue weighted by Gasteiger charge is -1.98. The second kappa shape index (κ2) is 3.73. The summed E-state index contributed by atoms with van der Waals surface area (Å²) in [5, 5.41) is 3.06. The van der Waals surface area contributed by atoms with Crippen molar-refractivity contribution in [2.75, 3.05) is 0 Å². The molecule has 0 saturated carbocycles. The second-order valence-corrected chi connectivity index (χ2v) is 3.40. The van der Waals surface area contributed by atoms with Gasteiger partial charge in [-0.05, 0) is 25.5 Å². The molecule has 4 nitrogen and oxygen atoms in total. The van der Waals surface area contributed by atoms with Crippen LogP contribution in [0, 0.1) is 6.92 Å². The summed E-state index contributed by atoms with van der Waals surface area (Å²) >= 11 is 0. The van der Waals surface area contributed by atoms with Crippen LogP contribution in [0.2, 0.25) is 0 Å². The minimum atomic E-state index is -0.0226. The first-order chi connectivity index (χ1) is 7.24. The number of aryl methyl sites for hydroxylation is 1. The van der Waals surface area contributed by atoms with E-state index in [1.54, 1.807) is 12.3 Å². The Labute approximate surface area is 87.6 Å². The predicted octanol–water partition coefficient (Wildman–Crippen LogP) is 1.43. The first kappa shape index (κ1) is 9.71. The number of rotatable bonds is 2. The van der Waals surface area contributed by atoms with E-state index in [2.05, 4.69) is 10.1 Å². The van der Waals surface area contributed by atoms with Gasteiger partial charge in [0.15, 0.2) is 5.82 Å². The van der Waals surface area contributed by atoms with Crippen LogP contribution in [0.25, 0.3) is 5.82 Å². The third-order valence-electron chi connectivity index (χ3n) is 2.46. The van der Waals surface area contributed by atoms with Crippen molar-refractivity contribution in [3.63, 3.8) is 0 Å². The van der Waals surface area contributed by atoms with Crippen molar-refractivity contribution in [1.82, 2.24) is 14.8 Å². The summed E-state index contributed by atoms with van der Waals surface area (Å²) in [6.07, 6.45) is 2.49. The van der Waals surface area contributed by atoms with E-state index in [0.29, 0.717) is 5.82 Å². The first-order valence-corrected chi connectivity index (χ1v) is 4.96. The van der Waals surface area contributed by atoms with Gasteiger partial charge in [0.25, 0.3) is 5.56 Å². The van der Waals surface area contributed by atoms with Crippen LogP contribution in [-0.2, 0) is 6.42 Å². The molecule has 78 valence electrons. The van der Waals surface area contributed by atoms with Gasteiger partial charge < -0.3 is 0 Å². The lowest BCUT2D eigenvalue weighted by atomic mass is 10.2. The van der Waals surface area contributed by atoms with Crippen molar-refractivity contribution in [1.29, 1.82) is 0 Å². The van der Waals surface area contributed by atoms with Crippen LogP contribution in [0.1, 0.15) is 18.2 Å². The molecule has 0 aliphatic carbocycles. The number of hydrogen-bond acceptors (Lipinski definition) is 2. The minimum absolute atomic E-state index is 0.0226. The van der Waals surface area contributed by atoms with Crippen molar-refractivity contribution in [2.24, 2.45) is 0 Å². The SMILES string of the molecule is CCc1[nH]n(-c2ccccn2)c(=O)c1C. The van der Waals surface area contributed by atoms with Gasteiger partial charge in [-0.1, -0.05) is 13.0 Å². The van der Waals surface area contributed by atoms with Crippen molar-refractivity contribution in [3.8, 4) is 5.82 Å². The fraction of sp³-hybridized carbons (Fsp3) is 0.273. The maximum Gasteiger partial charge on any atom is 0.275 e. The zero-order valence-corrected chi connectivity index (χ0v) is 8.82. The summed E-state index contributed by atoms with van der Waals surface area (Å²) in [5.41, 5.74) is 1.71. The Morgan fingerprint density at radius 3 is 2.80 bits per heavy atom. The van der Waals surface area contributed by atoms with Gasteiger partial charge >= 0.3 is 0 Å². The molecule has 0 spiro atoms. The molecule has 1 N–H and O–H groups in total. The molecule has 15 heavy (non-hydrogen) atoms. The Hall–Kier alpha value is -1.84. The normalized spacial score (nSPS) is 10.5. The molecule has 0 aliphatic rings. The summed E-state index contributed by atoms with van der Waals surface area (Å²) in [4.78, 5) is 16.0. The Kier molecular flexibility index (Phi) is 2.41. The highest BCUT2D eigenvalue weighted by atomic mass is 16.1. The average Bonchev–Trinajstić information content (AvgIpc) is 2.57. The summed E-state index contributed by atoms with van der Waals surface area (Å²) < 4.78 is 1.48. The molecule has 4 heteroatoms. The van der Waals surface area contributed by atoms with Gasteiger partial charge in [0.05, 0.1) is 0 Å². The predicted molar refractivity (Wildman–Crippen MR) is 58.3 cm³/mol. The first-order valence-electron chi connectivity index (χ1n) is 4.96. The van der Waals surface area contributed by atoms with Crippen molar-refractivity contribution in [3.05, 3.63) is 46.0 Å². The van der Waals surface area contributed by atoms with E-state index in [0.717, 1.165) is 17.7 Å². The van der Waals surface area contributed by atoms with E-state index < -0.39 is 0 Å². The monoisotopic (exact) mass is 203 g/mol. The molecule has 2 aromatic rings. The smallest absolute Gasteiger partial charge is 0.275 e. The van der Waals surface area contributed by atoms with E-state index in [1.165, 1.54) is 4.68 Å². The topological polar surface area (TPSA) is 50.7 Å². The van der Waals surface area contributed by atoms with Gasteiger partial charge in [0.2, 0.25) is 0 Å². The lowest BCUT2D eigenvalue weighted by molar-refractivity contribution is 0.794. The highest BCUT2D eigenvalue weighted by molar-refractivity contribution is 5.25. The molecule has 0 aliphatic heterocycles. The zero-order chi connectivity index (χ0) is 10.8. The summed E-state index contributed by atoms with van der Waals surface area (Å²) in [6, 6.07) is 5.48. The number of nitrogens with one attached hydrogen (secondary N) is 1. The fourth-order valence-corrected chi connectivity index (χ4v) is 1.56. The minimum Gasteiger partial charge on any atom is -0.293 e. The summed E-state index contributed by atoms with van der Waals surface area (Å²) in [7, 11) is 0. The maximum absolute atomic E-state index is 11.8. The number of nitrogens with zero attached hydrogens (tertiary/aromatic N) is 2. The average molecular weight is 203 g/mol. The number of aromatic amines is 1. The molecule has 0 unspecified atom stereocenters. The number of hydrogen-bond donors (Lipinski definition) is 1. The van der Waals surface area contributed by atoms with E-state index in [-0.39, 0.29) is 5.56 Å². The highest BCUT2D eigenvalue weighted by Gasteiger charge is 2.09. The van der Waals surface area contributed by atoms with E-state index in [1.807, 2.05) is 26.0 Å². The molecule has 2 heterocycles. The Morgan fingerprint density at radius 2 is 2.27 bits per heavy atom. The molecule has 0 aromatic carbocycles. The van der Waals surface area contributed by atoms with Gasteiger partial charge in [-0.25, -0.2) is 9.67 Å². The van der Waals surface area contributed by atoms with E-state index in [4.69, 9.17) is 0 Å². The zero-order valence-electron chi connectivity index (χ0n) is 8.82. The van der Waals surface area contributed by atoms with Crippen LogP contribution in [0.4, 0.5) is 0 Å². The van der Waals surface area contributed by atoms with Gasteiger partial charge in [0.1, 0.15) is 0 Å². The molecular formula is C11H13N3O. The van der Waals surface area contributed by atoms with Crippen LogP contribution < -0.4 is 5.56 Å². The van der Waals surface area contributed by atoms with Crippen LogP contribution in [0.3, 0.4) is 0 Å². The van der Waals surface area contributed by atoms with E-state index >= 15 is 0 Å². The molecule has 2 rings (SSSR count). The van der Waals surface area contributed by atoms with Gasteiger partial charge in [0, 0.05) is 17.5 Å². The molecular weight excluding hydrogens is 190 g/mol. The Bertz CT molecular complexity index is 510. The number of H-pyrrole nitrogens is 1. The van der Waals surface area contributed by atoms with Crippen LogP contribution in [-0.4, -0.2) is 14.8 Å². The lowest BCUT2D eigenvalue weighted by Crippen LogP contribution is -2.16. The maximum atomic E-state index is 11.8. The summed E-state index contributed by atoms with van der Waals surface area (Å²) in [6.45, 7) is 3.85. The van der Waals surface area contributed by atoms with Gasteiger partial charge in [-0.15, -0.1) is 0 Å². The highest BCUT2D eigenvalue weighted by Crippen LogP contribution is 2.04. The molecule has 0 amide bonds. The van der Waals surface area contributed by atoms with Crippen molar-refractivity contribution >= 4 is 0 Å². The van der Waals surface area contributed by atoms with Crippen LogP contribution in [0.15, 0.2) is 29.2 Å². The fourth-order valence-electron chi connectivity index (χ4n) is 1.56. The molecule has 0 bridgehead atoms. The third-order valence-corrected chi connectivity index (χ3v) is 2.46. The Balaban J connectivity index is 2.60. The van der Waals surface area contributed by atoms with Gasteiger partial charge in [-0.3, -0.25) is 9.89 Å². The Morgan fingerprint density at radius 1 is 1.47 bits per heavy atom. The van der Waals surface area contributed by atoms with E-state index in [9.17, 15) is 4.79 Å². The van der Waals surface area contributed by atoms with Gasteiger partial charge in [-0.2, -0.15) is 0 Å². The number of aromatic nitrogens is 3. The van der Waals surface area contributed by atoms with Crippen LogP contribution in [0.5, 0.6) is 0 Å². The van der Waals surface area contributed by atoms with Crippen LogP contribution >= 0.6 is 0 Å². The largest absolute Gasteiger partial charge is 0.293 e. The second-order valence-electron chi connectivity index (χ2n) is 3.40. The standard InChI is InChI=1S/C11H13N3O/c1-3-9-8(2)11(15)14(13-9)10-6-4-5-7-12-10/h4-7,13H,3H2,1-2H3. The number of pyridine rings is 1.